The number of hydrogen-bond acceptors (Lipinski definition) is 3. The van der Waals surface area contributed by atoms with Crippen LogP contribution in [0.4, 0.5) is 0 Å². The maximum absolute atomic E-state index is 10.2. The normalized spacial score (nSPS) is 14.7. The van der Waals surface area contributed by atoms with E-state index in [0.717, 1.165) is 28.0 Å². The van der Waals surface area contributed by atoms with E-state index in [1.54, 1.807) is 6.20 Å². The van der Waals surface area contributed by atoms with Gasteiger partial charge in [-0.05, 0) is 62.1 Å². The standard InChI is InChI=1S/C30H35N3.C9H13N.Pt/c1-28(2,3)22-10-12-32-26(17-22)21-14-20(15-24(16-21)30(7,8)9)25(19-31)27-18-23(11-13-33-27)29(4,5)6;1-9(2,3)8-4-6-10-7-5-8;/h10-13,15-18H,1-9H3;4-7H,1-3H3;/q-2;;+2/b27-25-;;. The number of nitriles is 1. The molecule has 4 nitrogen and oxygen atoms in total. The molecule has 0 saturated heterocycles. The molecular weight excluding hydrogens is 720 g/mol. The van der Waals surface area contributed by atoms with E-state index in [-0.39, 0.29) is 42.7 Å². The molecule has 234 valence electrons. The summed E-state index contributed by atoms with van der Waals surface area (Å²) in [7, 11) is 0. The summed E-state index contributed by atoms with van der Waals surface area (Å²) in [6.07, 6.45) is 11.4. The largest absolute Gasteiger partial charge is 2.00 e. The Hall–Kier alpha value is -3.28. The average molecular weight is 768 g/mol. The molecule has 0 fully saturated rings. The summed E-state index contributed by atoms with van der Waals surface area (Å²) in [6.45, 7) is 26.2. The average Bonchev–Trinajstić information content (AvgIpc) is 2.93. The van der Waals surface area contributed by atoms with Crippen LogP contribution in [0.25, 0.3) is 22.1 Å². The summed E-state index contributed by atoms with van der Waals surface area (Å²) in [5, 5.41) is 14.7. The second kappa shape index (κ2) is 14.2. The van der Waals surface area contributed by atoms with Crippen LogP contribution in [-0.4, -0.2) is 9.97 Å². The van der Waals surface area contributed by atoms with Gasteiger partial charge in [-0.15, -0.1) is 29.3 Å². The van der Waals surface area contributed by atoms with Crippen molar-refractivity contribution < 1.29 is 21.1 Å². The number of benzene rings is 1. The van der Waals surface area contributed by atoms with Crippen LogP contribution in [0.2, 0.25) is 0 Å². The second-order valence-electron chi connectivity index (χ2n) is 15.3. The van der Waals surface area contributed by atoms with Gasteiger partial charge in [0.25, 0.3) is 0 Å². The van der Waals surface area contributed by atoms with Gasteiger partial charge in [0.15, 0.2) is 0 Å². The number of rotatable bonds is 2. The van der Waals surface area contributed by atoms with Crippen LogP contribution in [0.5, 0.6) is 0 Å². The van der Waals surface area contributed by atoms with Crippen LogP contribution in [0.3, 0.4) is 0 Å². The molecule has 1 aliphatic rings. The fourth-order valence-corrected chi connectivity index (χ4v) is 4.46. The first-order valence-corrected chi connectivity index (χ1v) is 15.0. The molecule has 0 atom stereocenters. The third-order valence-electron chi connectivity index (χ3n) is 7.45. The van der Waals surface area contributed by atoms with Crippen molar-refractivity contribution in [3.05, 3.63) is 118 Å². The number of hydrogen-bond donors (Lipinski definition) is 0. The van der Waals surface area contributed by atoms with Gasteiger partial charge in [0.05, 0.1) is 6.07 Å². The Morgan fingerprint density at radius 1 is 0.727 bits per heavy atom. The Bertz CT molecular complexity index is 1560. The predicted octanol–water partition coefficient (Wildman–Crippen LogP) is 10.6. The van der Waals surface area contributed by atoms with Crippen molar-refractivity contribution in [2.24, 2.45) is 5.41 Å². The SMILES string of the molecule is CC(C)(C)C1=C/C(=C(\C#N)c2[c-]c(-c3cc(C(C)(C)C)ccn3)cc(C(C)(C)C)c2)[N-]C=C1.CC(C)(C)c1ccncc1.[Pt+2]. The molecule has 0 N–H and O–H groups in total. The van der Waals surface area contributed by atoms with Gasteiger partial charge in [-0.25, -0.2) is 5.26 Å². The second-order valence-corrected chi connectivity index (χ2v) is 15.3. The van der Waals surface area contributed by atoms with E-state index in [1.807, 2.05) is 30.7 Å². The molecule has 0 bridgehead atoms. The van der Waals surface area contributed by atoms with Crippen molar-refractivity contribution in [2.45, 2.75) is 99.3 Å². The predicted molar refractivity (Wildman–Crippen MR) is 181 cm³/mol. The molecular formula is C39H48N4Pt. The van der Waals surface area contributed by atoms with E-state index < -0.39 is 0 Å². The van der Waals surface area contributed by atoms with E-state index in [1.165, 1.54) is 11.1 Å². The van der Waals surface area contributed by atoms with E-state index >= 15 is 0 Å². The first-order valence-electron chi connectivity index (χ1n) is 15.0. The van der Waals surface area contributed by atoms with Crippen molar-refractivity contribution >= 4 is 5.57 Å². The zero-order chi connectivity index (χ0) is 32.2. The van der Waals surface area contributed by atoms with E-state index in [2.05, 4.69) is 147 Å². The first-order chi connectivity index (χ1) is 19.8. The monoisotopic (exact) mass is 767 g/mol. The number of aromatic nitrogens is 2. The summed E-state index contributed by atoms with van der Waals surface area (Å²) < 4.78 is 0. The van der Waals surface area contributed by atoms with E-state index in [0.29, 0.717) is 11.3 Å². The zero-order valence-electron chi connectivity index (χ0n) is 28.5. The minimum absolute atomic E-state index is 0. The van der Waals surface area contributed by atoms with Gasteiger partial charge in [-0.3, -0.25) is 9.97 Å². The van der Waals surface area contributed by atoms with Gasteiger partial charge in [-0.1, -0.05) is 107 Å². The Morgan fingerprint density at radius 3 is 1.80 bits per heavy atom. The number of allylic oxidation sites excluding steroid dienone is 4. The Balaban J connectivity index is 0.000000521. The molecule has 0 unspecified atom stereocenters. The molecule has 4 rings (SSSR count). The van der Waals surface area contributed by atoms with Gasteiger partial charge >= 0.3 is 21.1 Å². The van der Waals surface area contributed by atoms with Gasteiger partial charge < -0.3 is 5.32 Å². The van der Waals surface area contributed by atoms with Gasteiger partial charge in [0.2, 0.25) is 0 Å². The molecule has 5 heteroatoms. The van der Waals surface area contributed by atoms with Crippen LogP contribution in [0.1, 0.15) is 105 Å². The topological polar surface area (TPSA) is 63.7 Å². The quantitative estimate of drug-likeness (QED) is 0.193. The summed E-state index contributed by atoms with van der Waals surface area (Å²) in [5.74, 6) is 0. The van der Waals surface area contributed by atoms with E-state index in [9.17, 15) is 5.26 Å². The molecule has 2 aromatic heterocycles. The summed E-state index contributed by atoms with van der Waals surface area (Å²) in [5.41, 5.74) is 8.69. The Kier molecular flexibility index (Phi) is 11.9. The van der Waals surface area contributed by atoms with Crippen LogP contribution >= 0.6 is 0 Å². The smallest absolute Gasteiger partial charge is 0.670 e. The zero-order valence-corrected chi connectivity index (χ0v) is 30.8. The minimum atomic E-state index is -0.0957. The third-order valence-corrected chi connectivity index (χ3v) is 7.45. The molecule has 3 aromatic rings. The molecule has 0 radical (unpaired) electrons. The van der Waals surface area contributed by atoms with E-state index in [4.69, 9.17) is 0 Å². The third kappa shape index (κ3) is 9.87. The summed E-state index contributed by atoms with van der Waals surface area (Å²) in [6, 6.07) is 18.4. The molecule has 0 spiro atoms. The minimum Gasteiger partial charge on any atom is -0.670 e. The summed E-state index contributed by atoms with van der Waals surface area (Å²) in [4.78, 5) is 8.61. The summed E-state index contributed by atoms with van der Waals surface area (Å²) >= 11 is 0. The van der Waals surface area contributed by atoms with Crippen LogP contribution in [0, 0.1) is 22.8 Å². The van der Waals surface area contributed by atoms with Gasteiger partial charge in [0.1, 0.15) is 0 Å². The van der Waals surface area contributed by atoms with Crippen LogP contribution < -0.4 is 0 Å². The number of nitrogens with zero attached hydrogens (tertiary/aromatic N) is 4. The maximum atomic E-state index is 10.2. The molecule has 0 aliphatic carbocycles. The fraction of sp³-hybridized carbons (Fsp3) is 0.410. The molecule has 1 aromatic carbocycles. The molecule has 44 heavy (non-hydrogen) atoms. The maximum Gasteiger partial charge on any atom is 2.00 e. The Labute approximate surface area is 281 Å². The first kappa shape index (κ1) is 36.9. The van der Waals surface area contributed by atoms with Crippen LogP contribution in [0.15, 0.2) is 84.6 Å². The fourth-order valence-electron chi connectivity index (χ4n) is 4.46. The molecule has 0 saturated carbocycles. The van der Waals surface area contributed by atoms with Crippen molar-refractivity contribution in [3.8, 4) is 17.3 Å². The Morgan fingerprint density at radius 2 is 1.30 bits per heavy atom. The number of pyridine rings is 2. The van der Waals surface area contributed by atoms with Crippen molar-refractivity contribution in [1.82, 2.24) is 9.97 Å². The van der Waals surface area contributed by atoms with Crippen molar-refractivity contribution in [1.29, 1.82) is 5.26 Å². The van der Waals surface area contributed by atoms with Gasteiger partial charge in [0, 0.05) is 24.3 Å². The van der Waals surface area contributed by atoms with Crippen LogP contribution in [-0.2, 0) is 37.3 Å². The van der Waals surface area contributed by atoms with Crippen molar-refractivity contribution in [3.63, 3.8) is 0 Å². The van der Waals surface area contributed by atoms with Crippen molar-refractivity contribution in [2.75, 3.05) is 0 Å². The van der Waals surface area contributed by atoms with Gasteiger partial charge in [-0.2, -0.15) is 11.9 Å². The molecule has 0 amide bonds. The molecule has 3 heterocycles. The molecule has 1 aliphatic heterocycles.